The Morgan fingerprint density at radius 1 is 1.25 bits per heavy atom. The van der Waals surface area contributed by atoms with E-state index in [2.05, 4.69) is 29.4 Å². The third kappa shape index (κ3) is 6.12. The van der Waals surface area contributed by atoms with Gasteiger partial charge in [0, 0.05) is 31.2 Å². The summed E-state index contributed by atoms with van der Waals surface area (Å²) in [6.45, 7) is 10.8. The number of unbranched alkanes of at least 4 members (excludes halogenated alkanes) is 1. The number of urea groups is 1. The Labute approximate surface area is 124 Å². The molecule has 20 heavy (non-hydrogen) atoms. The number of amides is 2. The van der Waals surface area contributed by atoms with Crippen molar-refractivity contribution in [2.75, 3.05) is 13.1 Å². The molecule has 2 amide bonds. The Kier molecular flexibility index (Phi) is 7.97. The Morgan fingerprint density at radius 3 is 2.40 bits per heavy atom. The Hall–Kier alpha value is -0.770. The van der Waals surface area contributed by atoms with Crippen LogP contribution in [0.2, 0.25) is 0 Å². The van der Waals surface area contributed by atoms with Gasteiger partial charge in [0.1, 0.15) is 0 Å². The van der Waals surface area contributed by atoms with Gasteiger partial charge >= 0.3 is 6.03 Å². The van der Waals surface area contributed by atoms with Crippen molar-refractivity contribution in [2.45, 2.75) is 84.3 Å². The maximum absolute atomic E-state index is 11.7. The molecule has 0 aromatic heterocycles. The quantitative estimate of drug-likeness (QED) is 0.754. The summed E-state index contributed by atoms with van der Waals surface area (Å²) in [5.74, 6) is 0. The number of piperidine rings is 1. The van der Waals surface area contributed by atoms with Crippen LogP contribution < -0.4 is 10.6 Å². The predicted octanol–water partition coefficient (Wildman–Crippen LogP) is 3.13. The number of carbonyl (C=O) groups excluding carboxylic acids is 1. The smallest absolute Gasteiger partial charge is 0.315 e. The van der Waals surface area contributed by atoms with Crippen LogP contribution in [0.25, 0.3) is 0 Å². The van der Waals surface area contributed by atoms with Crippen molar-refractivity contribution in [3.8, 4) is 0 Å². The minimum Gasteiger partial charge on any atom is -0.336 e. The summed E-state index contributed by atoms with van der Waals surface area (Å²) in [6, 6.07) is 1.26. The van der Waals surface area contributed by atoms with Crippen molar-refractivity contribution in [1.82, 2.24) is 15.5 Å². The normalized spacial score (nSPS) is 19.1. The van der Waals surface area contributed by atoms with E-state index in [-0.39, 0.29) is 12.1 Å². The highest BCUT2D eigenvalue weighted by atomic mass is 16.2. The van der Waals surface area contributed by atoms with Crippen molar-refractivity contribution in [3.63, 3.8) is 0 Å². The standard InChI is InChI=1S/C16H33N3O/c1-5-7-8-15(6-2)19-11-9-14(10-12-19)18-16(20)17-13(3)4/h13-15H,5-12H2,1-4H3,(H2,17,18,20). The van der Waals surface area contributed by atoms with Crippen LogP contribution in [-0.2, 0) is 0 Å². The average Bonchev–Trinajstić information content (AvgIpc) is 2.40. The van der Waals surface area contributed by atoms with Gasteiger partial charge in [-0.25, -0.2) is 4.79 Å². The number of hydrogen-bond acceptors (Lipinski definition) is 2. The SMILES string of the molecule is CCCCC(CC)N1CCC(NC(=O)NC(C)C)CC1. The van der Waals surface area contributed by atoms with Gasteiger partial charge < -0.3 is 15.5 Å². The van der Waals surface area contributed by atoms with Crippen LogP contribution >= 0.6 is 0 Å². The second-order valence-electron chi connectivity index (χ2n) is 6.29. The molecule has 1 heterocycles. The number of nitrogens with zero attached hydrogens (tertiary/aromatic N) is 1. The van der Waals surface area contributed by atoms with Crippen LogP contribution in [0.15, 0.2) is 0 Å². The van der Waals surface area contributed by atoms with E-state index in [1.165, 1.54) is 25.7 Å². The lowest BCUT2D eigenvalue weighted by atomic mass is 9.99. The largest absolute Gasteiger partial charge is 0.336 e. The highest BCUT2D eigenvalue weighted by Crippen LogP contribution is 2.18. The van der Waals surface area contributed by atoms with Crippen LogP contribution in [0.4, 0.5) is 4.79 Å². The minimum atomic E-state index is -0.0172. The molecule has 118 valence electrons. The van der Waals surface area contributed by atoms with Gasteiger partial charge in [0.2, 0.25) is 0 Å². The van der Waals surface area contributed by atoms with Crippen molar-refractivity contribution in [3.05, 3.63) is 0 Å². The molecule has 4 nitrogen and oxygen atoms in total. The topological polar surface area (TPSA) is 44.4 Å². The molecule has 0 spiro atoms. The first-order valence-electron chi connectivity index (χ1n) is 8.37. The first-order valence-corrected chi connectivity index (χ1v) is 8.37. The number of nitrogens with one attached hydrogen (secondary N) is 2. The van der Waals surface area contributed by atoms with Crippen molar-refractivity contribution in [2.24, 2.45) is 0 Å². The summed E-state index contributed by atoms with van der Waals surface area (Å²) < 4.78 is 0. The van der Waals surface area contributed by atoms with E-state index in [9.17, 15) is 4.79 Å². The average molecular weight is 283 g/mol. The molecule has 1 aliphatic heterocycles. The molecule has 0 aromatic carbocycles. The van der Waals surface area contributed by atoms with E-state index < -0.39 is 0 Å². The van der Waals surface area contributed by atoms with E-state index >= 15 is 0 Å². The molecule has 4 heteroatoms. The van der Waals surface area contributed by atoms with E-state index in [1.54, 1.807) is 0 Å². The molecule has 1 atom stereocenters. The first-order chi connectivity index (χ1) is 9.56. The fourth-order valence-electron chi connectivity index (χ4n) is 2.98. The van der Waals surface area contributed by atoms with Crippen molar-refractivity contribution < 1.29 is 4.79 Å². The summed E-state index contributed by atoms with van der Waals surface area (Å²) in [5, 5.41) is 5.99. The van der Waals surface area contributed by atoms with Crippen molar-refractivity contribution in [1.29, 1.82) is 0 Å². The second-order valence-corrected chi connectivity index (χ2v) is 6.29. The number of likely N-dealkylation sites (tertiary alicyclic amines) is 1. The summed E-state index contributed by atoms with van der Waals surface area (Å²) in [5.41, 5.74) is 0. The second kappa shape index (κ2) is 9.22. The van der Waals surface area contributed by atoms with Gasteiger partial charge in [-0.2, -0.15) is 0 Å². The Morgan fingerprint density at radius 2 is 1.90 bits per heavy atom. The van der Waals surface area contributed by atoms with Crippen LogP contribution in [0.1, 0.15) is 66.2 Å². The maximum atomic E-state index is 11.7. The molecule has 0 saturated carbocycles. The Balaban J connectivity index is 2.29. The van der Waals surface area contributed by atoms with Crippen LogP contribution in [-0.4, -0.2) is 42.1 Å². The number of hydrogen-bond donors (Lipinski definition) is 2. The van der Waals surface area contributed by atoms with Gasteiger partial charge in [-0.05, 0) is 39.5 Å². The van der Waals surface area contributed by atoms with E-state index in [0.717, 1.165) is 32.0 Å². The lowest BCUT2D eigenvalue weighted by molar-refractivity contribution is 0.132. The van der Waals surface area contributed by atoms with Gasteiger partial charge in [0.25, 0.3) is 0 Å². The molecule has 1 rings (SSSR count). The third-order valence-electron chi connectivity index (χ3n) is 4.16. The van der Waals surface area contributed by atoms with E-state index in [0.29, 0.717) is 6.04 Å². The number of carbonyl (C=O) groups is 1. The predicted molar refractivity (Wildman–Crippen MR) is 85.0 cm³/mol. The van der Waals surface area contributed by atoms with Gasteiger partial charge in [0.15, 0.2) is 0 Å². The Bertz CT molecular complexity index is 273. The molecular weight excluding hydrogens is 250 g/mol. The number of rotatable bonds is 7. The molecule has 0 aromatic rings. The molecule has 1 aliphatic rings. The van der Waals surface area contributed by atoms with Crippen LogP contribution in [0.3, 0.4) is 0 Å². The van der Waals surface area contributed by atoms with Crippen molar-refractivity contribution >= 4 is 6.03 Å². The van der Waals surface area contributed by atoms with Gasteiger partial charge in [-0.1, -0.05) is 26.7 Å². The molecular formula is C16H33N3O. The highest BCUT2D eigenvalue weighted by Gasteiger charge is 2.24. The summed E-state index contributed by atoms with van der Waals surface area (Å²) >= 11 is 0. The minimum absolute atomic E-state index is 0.0172. The fourth-order valence-corrected chi connectivity index (χ4v) is 2.98. The fraction of sp³-hybridized carbons (Fsp3) is 0.938. The van der Waals surface area contributed by atoms with Crippen LogP contribution in [0.5, 0.6) is 0 Å². The van der Waals surface area contributed by atoms with E-state index in [1.807, 2.05) is 13.8 Å². The zero-order valence-corrected chi connectivity index (χ0v) is 13.7. The first kappa shape index (κ1) is 17.3. The molecule has 1 fully saturated rings. The highest BCUT2D eigenvalue weighted by molar-refractivity contribution is 5.74. The molecule has 0 radical (unpaired) electrons. The lowest BCUT2D eigenvalue weighted by Gasteiger charge is -2.37. The van der Waals surface area contributed by atoms with Crippen LogP contribution in [0, 0.1) is 0 Å². The molecule has 0 aliphatic carbocycles. The molecule has 2 N–H and O–H groups in total. The molecule has 1 saturated heterocycles. The zero-order chi connectivity index (χ0) is 15.0. The van der Waals surface area contributed by atoms with E-state index in [4.69, 9.17) is 0 Å². The summed E-state index contributed by atoms with van der Waals surface area (Å²) in [7, 11) is 0. The maximum Gasteiger partial charge on any atom is 0.315 e. The zero-order valence-electron chi connectivity index (χ0n) is 13.7. The molecule has 1 unspecified atom stereocenters. The molecule has 0 bridgehead atoms. The van der Waals surface area contributed by atoms with Gasteiger partial charge in [-0.15, -0.1) is 0 Å². The van der Waals surface area contributed by atoms with Gasteiger partial charge in [0.05, 0.1) is 0 Å². The monoisotopic (exact) mass is 283 g/mol. The third-order valence-corrected chi connectivity index (χ3v) is 4.16. The van der Waals surface area contributed by atoms with Gasteiger partial charge in [-0.3, -0.25) is 0 Å². The lowest BCUT2D eigenvalue weighted by Crippen LogP contribution is -2.50. The summed E-state index contributed by atoms with van der Waals surface area (Å²) in [6.07, 6.45) is 7.32. The summed E-state index contributed by atoms with van der Waals surface area (Å²) in [4.78, 5) is 14.3.